The minimum Gasteiger partial charge on any atom is -0.467 e. The molecule has 0 saturated carbocycles. The summed E-state index contributed by atoms with van der Waals surface area (Å²) < 4.78 is 17.0. The van der Waals surface area contributed by atoms with Gasteiger partial charge in [-0.3, -0.25) is 4.57 Å². The third-order valence-corrected chi connectivity index (χ3v) is 4.95. The van der Waals surface area contributed by atoms with E-state index < -0.39 is 23.5 Å². The molecule has 0 spiro atoms. The van der Waals surface area contributed by atoms with Gasteiger partial charge in [-0.05, 0) is 23.4 Å². The minimum atomic E-state index is -1.19. The molecule has 2 aromatic rings. The summed E-state index contributed by atoms with van der Waals surface area (Å²) in [6.45, 7) is 1.53. The van der Waals surface area contributed by atoms with Crippen LogP contribution in [0, 0.1) is 0 Å². The molecule has 0 radical (unpaired) electrons. The van der Waals surface area contributed by atoms with E-state index in [1.165, 1.54) is 30.5 Å². The van der Waals surface area contributed by atoms with Gasteiger partial charge in [-0.15, -0.1) is 0 Å². The van der Waals surface area contributed by atoms with Gasteiger partial charge in [0.05, 0.1) is 20.2 Å². The van der Waals surface area contributed by atoms with Crippen LogP contribution in [0.1, 0.15) is 12.5 Å². The van der Waals surface area contributed by atoms with Crippen molar-refractivity contribution >= 4 is 29.3 Å². The monoisotopic (exact) mass is 443 g/mol. The third kappa shape index (κ3) is 6.17. The lowest BCUT2D eigenvalue weighted by Crippen LogP contribution is -2.46. The normalized spacial score (nSPS) is 12.0. The van der Waals surface area contributed by atoms with Crippen molar-refractivity contribution in [2.45, 2.75) is 31.3 Å². The fraction of sp³-hybridized carbons (Fsp3) is 0.444. The Hall–Kier alpha value is -2.14. The van der Waals surface area contributed by atoms with Crippen molar-refractivity contribution in [3.05, 3.63) is 55.8 Å². The Morgan fingerprint density at radius 2 is 1.90 bits per heavy atom. The van der Waals surface area contributed by atoms with E-state index in [9.17, 15) is 14.4 Å². The molecule has 0 amide bonds. The Labute approximate surface area is 176 Å². The Morgan fingerprint density at radius 1 is 1.21 bits per heavy atom. The largest absolute Gasteiger partial charge is 0.467 e. The summed E-state index contributed by atoms with van der Waals surface area (Å²) in [5.74, 6) is -0.109. The van der Waals surface area contributed by atoms with Crippen molar-refractivity contribution in [2.24, 2.45) is 0 Å². The van der Waals surface area contributed by atoms with Crippen molar-refractivity contribution in [2.75, 3.05) is 26.8 Å². The van der Waals surface area contributed by atoms with Crippen LogP contribution in [0.25, 0.3) is 0 Å². The van der Waals surface area contributed by atoms with Crippen molar-refractivity contribution in [1.29, 1.82) is 0 Å². The first-order chi connectivity index (χ1) is 13.9. The van der Waals surface area contributed by atoms with Crippen LogP contribution in [-0.4, -0.2) is 53.0 Å². The summed E-state index contributed by atoms with van der Waals surface area (Å²) in [6.07, 6.45) is -1.19. The van der Waals surface area contributed by atoms with Gasteiger partial charge in [0.15, 0.2) is 11.3 Å². The second-order valence-electron chi connectivity index (χ2n) is 5.80. The number of halogens is 1. The molecule has 0 N–H and O–H groups in total. The Bertz CT molecular complexity index is 944. The van der Waals surface area contributed by atoms with Crippen LogP contribution in [0.2, 0.25) is 5.02 Å². The van der Waals surface area contributed by atoms with E-state index in [2.05, 4.69) is 9.72 Å². The number of methoxy groups -OCH3 is 2. The number of aromatic nitrogens is 3. The molecule has 1 atom stereocenters. The number of nitrogens with zero attached hydrogens (tertiary/aromatic N) is 3. The second kappa shape index (κ2) is 11.1. The summed E-state index contributed by atoms with van der Waals surface area (Å²) in [5, 5.41) is 0.865. The van der Waals surface area contributed by atoms with Gasteiger partial charge in [-0.2, -0.15) is 4.98 Å². The average Bonchev–Trinajstić information content (AvgIpc) is 2.71. The van der Waals surface area contributed by atoms with Crippen LogP contribution >= 0.6 is 23.4 Å². The van der Waals surface area contributed by atoms with E-state index in [1.807, 2.05) is 6.92 Å². The lowest BCUT2D eigenvalue weighted by atomic mass is 10.2. The van der Waals surface area contributed by atoms with E-state index in [1.54, 1.807) is 24.3 Å². The van der Waals surface area contributed by atoms with Crippen molar-refractivity contribution < 1.29 is 19.0 Å². The number of carbonyl (C=O) groups excluding carboxylic acids is 1. The summed E-state index contributed by atoms with van der Waals surface area (Å²) in [7, 11) is 2.57. The van der Waals surface area contributed by atoms with E-state index in [4.69, 9.17) is 21.1 Å². The maximum absolute atomic E-state index is 13.1. The quantitative estimate of drug-likeness (QED) is 0.308. The molecule has 0 fully saturated rings. The molecular weight excluding hydrogens is 422 g/mol. The fourth-order valence-corrected chi connectivity index (χ4v) is 3.28. The van der Waals surface area contributed by atoms with Gasteiger partial charge in [-0.1, -0.05) is 42.4 Å². The molecule has 0 aliphatic rings. The van der Waals surface area contributed by atoms with Gasteiger partial charge in [0, 0.05) is 12.1 Å². The third-order valence-electron chi connectivity index (χ3n) is 3.84. The standard InChI is InChI=1S/C18H22ClN3O6S/c1-4-29-17-20-16(24)21(10-14(15(23)27-3)28-11-26-2)18(25)22(17)9-12-5-7-13(19)8-6-12/h5-8,14H,4,9-11H2,1-3H3/t14-/m0/s1. The van der Waals surface area contributed by atoms with Crippen LogP contribution < -0.4 is 11.4 Å². The van der Waals surface area contributed by atoms with Crippen LogP contribution in [-0.2, 0) is 32.1 Å². The maximum Gasteiger partial charge on any atom is 0.354 e. The average molecular weight is 444 g/mol. The van der Waals surface area contributed by atoms with Crippen LogP contribution in [0.15, 0.2) is 39.0 Å². The lowest BCUT2D eigenvalue weighted by Gasteiger charge is -2.18. The van der Waals surface area contributed by atoms with E-state index in [0.29, 0.717) is 15.9 Å². The highest BCUT2D eigenvalue weighted by Crippen LogP contribution is 2.15. The predicted molar refractivity (Wildman–Crippen MR) is 108 cm³/mol. The number of esters is 1. The molecule has 1 heterocycles. The molecule has 0 unspecified atom stereocenters. The first-order valence-corrected chi connectivity index (χ1v) is 10.0. The number of thioether (sulfide) groups is 1. The summed E-state index contributed by atoms with van der Waals surface area (Å²) in [5.41, 5.74) is -0.569. The van der Waals surface area contributed by atoms with E-state index in [-0.39, 0.29) is 19.9 Å². The molecule has 11 heteroatoms. The molecule has 1 aromatic heterocycles. The summed E-state index contributed by atoms with van der Waals surface area (Å²) in [6, 6.07) is 6.99. The highest BCUT2D eigenvalue weighted by molar-refractivity contribution is 7.99. The minimum absolute atomic E-state index is 0.188. The van der Waals surface area contributed by atoms with Crippen molar-refractivity contribution in [3.63, 3.8) is 0 Å². The predicted octanol–water partition coefficient (Wildman–Crippen LogP) is 1.38. The second-order valence-corrected chi connectivity index (χ2v) is 7.47. The lowest BCUT2D eigenvalue weighted by molar-refractivity contribution is -0.163. The fourth-order valence-electron chi connectivity index (χ4n) is 2.46. The number of hydrogen-bond donors (Lipinski definition) is 0. The smallest absolute Gasteiger partial charge is 0.354 e. The molecule has 158 valence electrons. The molecule has 0 bridgehead atoms. The van der Waals surface area contributed by atoms with E-state index >= 15 is 0 Å². The van der Waals surface area contributed by atoms with Gasteiger partial charge >= 0.3 is 17.3 Å². The van der Waals surface area contributed by atoms with Gasteiger partial charge < -0.3 is 14.2 Å². The van der Waals surface area contributed by atoms with Gasteiger partial charge in [-0.25, -0.2) is 19.0 Å². The van der Waals surface area contributed by atoms with Gasteiger partial charge in [0.25, 0.3) is 0 Å². The van der Waals surface area contributed by atoms with Gasteiger partial charge in [0.1, 0.15) is 6.79 Å². The highest BCUT2D eigenvalue weighted by atomic mass is 35.5. The summed E-state index contributed by atoms with van der Waals surface area (Å²) in [4.78, 5) is 41.5. The van der Waals surface area contributed by atoms with Crippen LogP contribution in [0.3, 0.4) is 0 Å². The highest BCUT2D eigenvalue weighted by Gasteiger charge is 2.24. The van der Waals surface area contributed by atoms with Gasteiger partial charge in [0.2, 0.25) is 0 Å². The molecule has 2 rings (SSSR count). The first-order valence-electron chi connectivity index (χ1n) is 8.68. The zero-order valence-electron chi connectivity index (χ0n) is 16.3. The number of benzene rings is 1. The summed E-state index contributed by atoms with van der Waals surface area (Å²) >= 11 is 7.19. The molecule has 0 aliphatic heterocycles. The zero-order chi connectivity index (χ0) is 21.4. The van der Waals surface area contributed by atoms with Crippen molar-refractivity contribution in [3.8, 4) is 0 Å². The Balaban J connectivity index is 2.47. The SMILES string of the molecule is CCSc1nc(=O)n(C[C@H](OCOC)C(=O)OC)c(=O)n1Cc1ccc(Cl)cc1. The molecule has 0 saturated heterocycles. The Morgan fingerprint density at radius 3 is 2.48 bits per heavy atom. The van der Waals surface area contributed by atoms with E-state index in [0.717, 1.165) is 10.1 Å². The maximum atomic E-state index is 13.1. The number of rotatable bonds is 10. The number of ether oxygens (including phenoxy) is 3. The molecule has 1 aromatic carbocycles. The Kier molecular flexibility index (Phi) is 8.90. The molecule has 29 heavy (non-hydrogen) atoms. The van der Waals surface area contributed by atoms with Crippen LogP contribution in [0.4, 0.5) is 0 Å². The molecule has 9 nitrogen and oxygen atoms in total. The number of carbonyl (C=O) groups is 1. The topological polar surface area (TPSA) is 102 Å². The number of hydrogen-bond acceptors (Lipinski definition) is 8. The van der Waals surface area contributed by atoms with Crippen LogP contribution in [0.5, 0.6) is 0 Å². The first kappa shape index (κ1) is 23.1. The van der Waals surface area contributed by atoms with Crippen molar-refractivity contribution in [1.82, 2.24) is 14.1 Å². The molecular formula is C18H22ClN3O6S. The molecule has 0 aliphatic carbocycles. The zero-order valence-corrected chi connectivity index (χ0v) is 17.9.